The number of nitrogens with zero attached hydrogens (tertiary/aromatic N) is 2. The molecule has 13 heavy (non-hydrogen) atoms. The maximum Gasteiger partial charge on any atom is 0.225 e. The Morgan fingerprint density at radius 2 is 2.46 bits per heavy atom. The van der Waals surface area contributed by atoms with Crippen LogP contribution in [0.5, 0.6) is 5.88 Å². The summed E-state index contributed by atoms with van der Waals surface area (Å²) in [4.78, 5) is 8.14. The first-order valence-electron chi connectivity index (χ1n) is 4.52. The predicted molar refractivity (Wildman–Crippen MR) is 49.8 cm³/mol. The molecule has 4 heteroatoms. The summed E-state index contributed by atoms with van der Waals surface area (Å²) in [5.41, 5.74) is 0. The van der Waals surface area contributed by atoms with Crippen LogP contribution in [-0.4, -0.2) is 23.6 Å². The minimum atomic E-state index is 0.605. The normalized spacial score (nSPS) is 15.5. The Morgan fingerprint density at radius 3 is 3.15 bits per heavy atom. The topological polar surface area (TPSA) is 47.0 Å². The van der Waals surface area contributed by atoms with Crippen molar-refractivity contribution in [1.82, 2.24) is 9.97 Å². The van der Waals surface area contributed by atoms with Gasteiger partial charge in [-0.1, -0.05) is 0 Å². The van der Waals surface area contributed by atoms with Crippen LogP contribution in [0.15, 0.2) is 12.3 Å². The molecule has 70 valence electrons. The number of hydrogen-bond donors (Lipinski definition) is 1. The van der Waals surface area contributed by atoms with Crippen molar-refractivity contribution in [1.29, 1.82) is 0 Å². The Kier molecular flexibility index (Phi) is 2.29. The van der Waals surface area contributed by atoms with E-state index < -0.39 is 0 Å². The van der Waals surface area contributed by atoms with Gasteiger partial charge in [0, 0.05) is 19.3 Å². The van der Waals surface area contributed by atoms with E-state index in [1.54, 1.807) is 19.3 Å². The maximum absolute atomic E-state index is 5.48. The number of ether oxygens (including phenoxy) is 1. The molecule has 1 saturated carbocycles. The van der Waals surface area contributed by atoms with E-state index in [2.05, 4.69) is 15.3 Å². The lowest BCUT2D eigenvalue weighted by Gasteiger charge is -2.04. The van der Waals surface area contributed by atoms with E-state index in [-0.39, 0.29) is 0 Å². The number of nitrogens with one attached hydrogen (secondary N) is 1. The smallest absolute Gasteiger partial charge is 0.225 e. The van der Waals surface area contributed by atoms with Crippen LogP contribution < -0.4 is 10.1 Å². The Bertz CT molecular complexity index is 286. The maximum atomic E-state index is 5.48. The van der Waals surface area contributed by atoms with E-state index in [0.29, 0.717) is 11.8 Å². The van der Waals surface area contributed by atoms with Crippen LogP contribution in [0, 0.1) is 5.92 Å². The molecule has 1 N–H and O–H groups in total. The van der Waals surface area contributed by atoms with Gasteiger partial charge in [-0.3, -0.25) is 0 Å². The van der Waals surface area contributed by atoms with E-state index in [1.807, 2.05) is 0 Å². The van der Waals surface area contributed by atoms with Gasteiger partial charge >= 0.3 is 0 Å². The van der Waals surface area contributed by atoms with Crippen molar-refractivity contribution in [3.8, 4) is 5.88 Å². The van der Waals surface area contributed by atoms with Crippen LogP contribution >= 0.6 is 0 Å². The largest absolute Gasteiger partial charge is 0.477 e. The molecule has 0 amide bonds. The van der Waals surface area contributed by atoms with Crippen molar-refractivity contribution in [2.24, 2.45) is 5.92 Å². The first-order chi connectivity index (χ1) is 6.38. The van der Waals surface area contributed by atoms with E-state index in [0.717, 1.165) is 12.5 Å². The highest BCUT2D eigenvalue weighted by atomic mass is 16.5. The molecule has 1 aromatic rings. The Morgan fingerprint density at radius 1 is 1.62 bits per heavy atom. The average Bonchev–Trinajstić information content (AvgIpc) is 2.99. The molecular weight excluding hydrogens is 166 g/mol. The van der Waals surface area contributed by atoms with Gasteiger partial charge in [0.2, 0.25) is 11.8 Å². The summed E-state index contributed by atoms with van der Waals surface area (Å²) in [7, 11) is 1.79. The summed E-state index contributed by atoms with van der Waals surface area (Å²) >= 11 is 0. The molecule has 0 atom stereocenters. The van der Waals surface area contributed by atoms with Crippen molar-refractivity contribution in [2.45, 2.75) is 12.8 Å². The Hall–Kier alpha value is -1.32. The van der Waals surface area contributed by atoms with Crippen molar-refractivity contribution in [3.05, 3.63) is 12.3 Å². The van der Waals surface area contributed by atoms with Gasteiger partial charge in [0.05, 0.1) is 6.61 Å². The summed E-state index contributed by atoms with van der Waals surface area (Å²) in [6, 6.07) is 1.78. The third kappa shape index (κ3) is 2.31. The second-order valence-electron chi connectivity index (χ2n) is 3.22. The third-order valence-corrected chi connectivity index (χ3v) is 2.02. The molecule has 0 unspecified atom stereocenters. The van der Waals surface area contributed by atoms with Crippen molar-refractivity contribution >= 4 is 5.95 Å². The van der Waals surface area contributed by atoms with E-state index in [1.165, 1.54) is 12.8 Å². The second kappa shape index (κ2) is 3.60. The summed E-state index contributed by atoms with van der Waals surface area (Å²) in [6.45, 7) is 0.792. The Balaban J connectivity index is 1.93. The number of anilines is 1. The molecule has 0 saturated heterocycles. The minimum absolute atomic E-state index is 0.605. The number of rotatable bonds is 4. The zero-order valence-corrected chi connectivity index (χ0v) is 7.66. The number of hydrogen-bond acceptors (Lipinski definition) is 4. The lowest BCUT2D eigenvalue weighted by Crippen LogP contribution is -2.03. The Labute approximate surface area is 77.4 Å². The molecule has 1 aliphatic carbocycles. The fraction of sp³-hybridized carbons (Fsp3) is 0.556. The van der Waals surface area contributed by atoms with Crippen LogP contribution in [0.2, 0.25) is 0 Å². The van der Waals surface area contributed by atoms with Gasteiger partial charge in [0.25, 0.3) is 0 Å². The predicted octanol–water partition coefficient (Wildman–Crippen LogP) is 1.31. The summed E-state index contributed by atoms with van der Waals surface area (Å²) in [6.07, 6.45) is 4.29. The molecule has 0 radical (unpaired) electrons. The molecule has 1 aliphatic rings. The monoisotopic (exact) mass is 179 g/mol. The summed E-state index contributed by atoms with van der Waals surface area (Å²) in [5, 5.41) is 2.87. The fourth-order valence-electron chi connectivity index (χ4n) is 1.03. The average molecular weight is 179 g/mol. The first kappa shape index (κ1) is 8.29. The second-order valence-corrected chi connectivity index (χ2v) is 3.22. The molecule has 1 heterocycles. The molecule has 1 fully saturated rings. The van der Waals surface area contributed by atoms with Gasteiger partial charge in [-0.05, 0) is 18.8 Å². The van der Waals surface area contributed by atoms with Crippen LogP contribution in [-0.2, 0) is 0 Å². The molecule has 1 aromatic heterocycles. The van der Waals surface area contributed by atoms with Crippen molar-refractivity contribution in [3.63, 3.8) is 0 Å². The van der Waals surface area contributed by atoms with Gasteiger partial charge in [0.1, 0.15) is 0 Å². The molecule has 0 bridgehead atoms. The molecular formula is C9H13N3O. The van der Waals surface area contributed by atoms with Crippen LogP contribution in [0.3, 0.4) is 0 Å². The molecule has 0 aliphatic heterocycles. The fourth-order valence-corrected chi connectivity index (χ4v) is 1.03. The van der Waals surface area contributed by atoms with E-state index in [4.69, 9.17) is 4.74 Å². The first-order valence-corrected chi connectivity index (χ1v) is 4.52. The SMILES string of the molecule is CNc1nccc(OCC2CC2)n1. The lowest BCUT2D eigenvalue weighted by molar-refractivity contribution is 0.288. The highest BCUT2D eigenvalue weighted by Crippen LogP contribution is 2.29. The van der Waals surface area contributed by atoms with Crippen LogP contribution in [0.4, 0.5) is 5.95 Å². The van der Waals surface area contributed by atoms with E-state index in [9.17, 15) is 0 Å². The van der Waals surface area contributed by atoms with Gasteiger partial charge in [0.15, 0.2) is 0 Å². The summed E-state index contributed by atoms with van der Waals surface area (Å²) < 4.78 is 5.48. The zero-order valence-electron chi connectivity index (χ0n) is 7.66. The van der Waals surface area contributed by atoms with Crippen molar-refractivity contribution < 1.29 is 4.74 Å². The standard InChI is InChI=1S/C9H13N3O/c1-10-9-11-5-4-8(12-9)13-6-7-2-3-7/h4-5,7H,2-3,6H2,1H3,(H,10,11,12). The molecule has 2 rings (SSSR count). The van der Waals surface area contributed by atoms with Gasteiger partial charge < -0.3 is 10.1 Å². The summed E-state index contributed by atoms with van der Waals surface area (Å²) in [5.74, 6) is 2.02. The molecule has 0 spiro atoms. The van der Waals surface area contributed by atoms with Crippen LogP contribution in [0.1, 0.15) is 12.8 Å². The van der Waals surface area contributed by atoms with Crippen LogP contribution in [0.25, 0.3) is 0 Å². The van der Waals surface area contributed by atoms with Gasteiger partial charge in [-0.2, -0.15) is 4.98 Å². The minimum Gasteiger partial charge on any atom is -0.477 e. The van der Waals surface area contributed by atoms with Crippen molar-refractivity contribution in [2.75, 3.05) is 19.0 Å². The van der Waals surface area contributed by atoms with Gasteiger partial charge in [-0.15, -0.1) is 0 Å². The third-order valence-electron chi connectivity index (χ3n) is 2.02. The molecule has 4 nitrogen and oxygen atoms in total. The zero-order chi connectivity index (χ0) is 9.10. The van der Waals surface area contributed by atoms with Gasteiger partial charge in [-0.25, -0.2) is 4.98 Å². The molecule has 0 aromatic carbocycles. The highest BCUT2D eigenvalue weighted by Gasteiger charge is 2.22. The number of aromatic nitrogens is 2. The lowest BCUT2D eigenvalue weighted by atomic mass is 10.5. The quantitative estimate of drug-likeness (QED) is 0.757. The van der Waals surface area contributed by atoms with E-state index >= 15 is 0 Å². The highest BCUT2D eigenvalue weighted by molar-refractivity contribution is 5.25.